The zero-order chi connectivity index (χ0) is 21.6. The van der Waals surface area contributed by atoms with Crippen molar-refractivity contribution in [3.05, 3.63) is 59.5 Å². The quantitative estimate of drug-likeness (QED) is 0.746. The smallest absolute Gasteiger partial charge is 0.416 e. The molecular weight excluding hydrogens is 399 g/mol. The van der Waals surface area contributed by atoms with Crippen molar-refractivity contribution in [1.82, 2.24) is 15.5 Å². The van der Waals surface area contributed by atoms with Gasteiger partial charge in [-0.25, -0.2) is 4.79 Å². The molecule has 0 bridgehead atoms. The average molecular weight is 423 g/mol. The molecule has 6 nitrogen and oxygen atoms in total. The molecule has 0 unspecified atom stereocenters. The first-order valence-corrected chi connectivity index (χ1v) is 9.82. The highest BCUT2D eigenvalue weighted by Gasteiger charge is 2.30. The first-order chi connectivity index (χ1) is 14.3. The molecule has 2 N–H and O–H groups in total. The molecule has 0 atom stereocenters. The lowest BCUT2D eigenvalue weighted by molar-refractivity contribution is -0.137. The first kappa shape index (κ1) is 21.7. The lowest BCUT2D eigenvalue weighted by Crippen LogP contribution is -2.46. The van der Waals surface area contributed by atoms with Crippen molar-refractivity contribution in [2.45, 2.75) is 32.0 Å². The minimum atomic E-state index is -4.35. The van der Waals surface area contributed by atoms with Gasteiger partial charge in [0, 0.05) is 25.6 Å². The highest BCUT2D eigenvalue weighted by Crippen LogP contribution is 2.29. The summed E-state index contributed by atoms with van der Waals surface area (Å²) in [5.74, 6) is 0.412. The van der Waals surface area contributed by atoms with E-state index in [0.717, 1.165) is 17.7 Å². The number of nitrogens with zero attached hydrogens (tertiary/aromatic N) is 1. The largest absolute Gasteiger partial charge is 0.467 e. The minimum absolute atomic E-state index is 0.0856. The Morgan fingerprint density at radius 2 is 1.77 bits per heavy atom. The van der Waals surface area contributed by atoms with Crippen molar-refractivity contribution in [1.29, 1.82) is 0 Å². The number of benzene rings is 1. The van der Waals surface area contributed by atoms with E-state index in [4.69, 9.17) is 4.42 Å². The summed E-state index contributed by atoms with van der Waals surface area (Å²) in [4.78, 5) is 26.2. The van der Waals surface area contributed by atoms with Crippen LogP contribution in [-0.2, 0) is 23.9 Å². The molecule has 0 saturated carbocycles. The van der Waals surface area contributed by atoms with Crippen LogP contribution in [0.5, 0.6) is 0 Å². The number of alkyl halides is 3. The van der Waals surface area contributed by atoms with Gasteiger partial charge in [-0.3, -0.25) is 4.79 Å². The molecule has 30 heavy (non-hydrogen) atoms. The molecule has 3 amide bonds. The maximum atomic E-state index is 12.6. The summed E-state index contributed by atoms with van der Waals surface area (Å²) in [5.41, 5.74) is 0.0431. The second-order valence-electron chi connectivity index (χ2n) is 7.24. The zero-order valence-electron chi connectivity index (χ0n) is 16.4. The highest BCUT2D eigenvalue weighted by molar-refractivity contribution is 5.79. The van der Waals surface area contributed by atoms with Crippen molar-refractivity contribution < 1.29 is 27.2 Å². The monoisotopic (exact) mass is 423 g/mol. The Morgan fingerprint density at radius 3 is 2.37 bits per heavy atom. The molecule has 0 spiro atoms. The molecule has 1 aliphatic rings. The van der Waals surface area contributed by atoms with E-state index in [-0.39, 0.29) is 17.9 Å². The Bertz CT molecular complexity index is 827. The van der Waals surface area contributed by atoms with Crippen LogP contribution in [0.1, 0.15) is 29.7 Å². The third-order valence-corrected chi connectivity index (χ3v) is 5.14. The van der Waals surface area contributed by atoms with Crippen molar-refractivity contribution in [2.24, 2.45) is 5.92 Å². The third kappa shape index (κ3) is 6.01. The number of furan rings is 1. The van der Waals surface area contributed by atoms with Crippen LogP contribution < -0.4 is 10.6 Å². The number of nitrogens with one attached hydrogen (secondary N) is 2. The van der Waals surface area contributed by atoms with Crippen molar-refractivity contribution in [2.75, 3.05) is 19.6 Å². The first-order valence-electron chi connectivity index (χ1n) is 9.82. The van der Waals surface area contributed by atoms with Gasteiger partial charge in [-0.15, -0.1) is 0 Å². The molecular formula is C21H24F3N3O3. The van der Waals surface area contributed by atoms with Gasteiger partial charge in [0.05, 0.1) is 18.4 Å². The summed E-state index contributed by atoms with van der Waals surface area (Å²) in [7, 11) is 0. The van der Waals surface area contributed by atoms with Crippen LogP contribution >= 0.6 is 0 Å². The molecule has 2 heterocycles. The van der Waals surface area contributed by atoms with Gasteiger partial charge in [0.15, 0.2) is 0 Å². The maximum absolute atomic E-state index is 12.6. The molecule has 1 fully saturated rings. The van der Waals surface area contributed by atoms with E-state index in [1.54, 1.807) is 23.3 Å². The third-order valence-electron chi connectivity index (χ3n) is 5.14. The van der Waals surface area contributed by atoms with Gasteiger partial charge in [0.1, 0.15) is 5.76 Å². The van der Waals surface area contributed by atoms with E-state index in [1.165, 1.54) is 12.1 Å². The van der Waals surface area contributed by atoms with Crippen molar-refractivity contribution >= 4 is 11.9 Å². The topological polar surface area (TPSA) is 74.6 Å². The van der Waals surface area contributed by atoms with Crippen LogP contribution in [0.3, 0.4) is 0 Å². The van der Waals surface area contributed by atoms with Crippen LogP contribution in [0.25, 0.3) is 0 Å². The fourth-order valence-corrected chi connectivity index (χ4v) is 3.37. The van der Waals surface area contributed by atoms with Gasteiger partial charge in [0.2, 0.25) is 5.91 Å². The number of likely N-dealkylation sites (tertiary alicyclic amines) is 1. The van der Waals surface area contributed by atoms with Crippen LogP contribution in [0.2, 0.25) is 0 Å². The van der Waals surface area contributed by atoms with Gasteiger partial charge in [0.25, 0.3) is 0 Å². The normalized spacial score (nSPS) is 15.1. The Balaban J connectivity index is 1.35. The second kappa shape index (κ2) is 9.69. The second-order valence-corrected chi connectivity index (χ2v) is 7.24. The fourth-order valence-electron chi connectivity index (χ4n) is 3.37. The summed E-state index contributed by atoms with van der Waals surface area (Å²) >= 11 is 0. The molecule has 2 aromatic rings. The number of amides is 3. The predicted octanol–water partition coefficient (Wildman–Crippen LogP) is 3.58. The Hall–Kier alpha value is -2.97. The molecule has 9 heteroatoms. The van der Waals surface area contributed by atoms with E-state index < -0.39 is 11.7 Å². The van der Waals surface area contributed by atoms with Crippen molar-refractivity contribution in [3.8, 4) is 0 Å². The fraction of sp³-hybridized carbons (Fsp3) is 0.429. The van der Waals surface area contributed by atoms with E-state index in [0.29, 0.717) is 51.2 Å². The van der Waals surface area contributed by atoms with Gasteiger partial charge >= 0.3 is 12.2 Å². The molecule has 1 saturated heterocycles. The summed E-state index contributed by atoms with van der Waals surface area (Å²) in [6.45, 7) is 1.65. The Labute approximate surface area is 172 Å². The molecule has 0 radical (unpaired) electrons. The SMILES string of the molecule is O=C(NCCc1ccc(C(F)(F)F)cc1)C1CCN(C(=O)NCc2ccco2)CC1. The maximum Gasteiger partial charge on any atom is 0.416 e. The summed E-state index contributed by atoms with van der Waals surface area (Å²) in [6, 6.07) is 8.29. The van der Waals surface area contributed by atoms with Crippen LogP contribution in [0.4, 0.5) is 18.0 Å². The molecule has 0 aliphatic carbocycles. The molecule has 1 aromatic heterocycles. The Kier molecular flexibility index (Phi) is 7.02. The Morgan fingerprint density at radius 1 is 1.07 bits per heavy atom. The summed E-state index contributed by atoms with van der Waals surface area (Å²) in [5, 5.41) is 5.63. The lowest BCUT2D eigenvalue weighted by Gasteiger charge is -2.31. The number of rotatable bonds is 6. The standard InChI is InChI=1S/C21H24F3N3O3/c22-21(23,24)17-5-3-15(4-6-17)7-10-25-19(28)16-8-11-27(12-9-16)20(29)26-14-18-2-1-13-30-18/h1-6,13,16H,7-12,14H2,(H,25,28)(H,26,29). The van der Waals surface area contributed by atoms with Crippen molar-refractivity contribution in [3.63, 3.8) is 0 Å². The number of piperidine rings is 1. The van der Waals surface area contributed by atoms with E-state index in [2.05, 4.69) is 10.6 Å². The molecule has 3 rings (SSSR count). The number of hydrogen-bond acceptors (Lipinski definition) is 3. The summed E-state index contributed by atoms with van der Waals surface area (Å²) in [6.07, 6.45) is -1.21. The van der Waals surface area contributed by atoms with Crippen LogP contribution in [0, 0.1) is 5.92 Å². The molecule has 1 aliphatic heterocycles. The van der Waals surface area contributed by atoms with Gasteiger partial charge in [-0.2, -0.15) is 13.2 Å². The predicted molar refractivity (Wildman–Crippen MR) is 103 cm³/mol. The summed E-state index contributed by atoms with van der Waals surface area (Å²) < 4.78 is 42.9. The van der Waals surface area contributed by atoms with E-state index >= 15 is 0 Å². The number of halogens is 3. The van der Waals surface area contributed by atoms with E-state index in [1.807, 2.05) is 0 Å². The minimum Gasteiger partial charge on any atom is -0.467 e. The van der Waals surface area contributed by atoms with Crippen LogP contribution in [0.15, 0.2) is 47.1 Å². The van der Waals surface area contributed by atoms with Gasteiger partial charge < -0.3 is 20.0 Å². The number of hydrogen-bond donors (Lipinski definition) is 2. The number of carbonyl (C=O) groups is 2. The number of urea groups is 1. The van der Waals surface area contributed by atoms with Gasteiger partial charge in [-0.1, -0.05) is 12.1 Å². The lowest BCUT2D eigenvalue weighted by atomic mass is 9.96. The van der Waals surface area contributed by atoms with Crippen LogP contribution in [-0.4, -0.2) is 36.5 Å². The van der Waals surface area contributed by atoms with E-state index in [9.17, 15) is 22.8 Å². The number of carbonyl (C=O) groups excluding carboxylic acids is 2. The molecule has 1 aromatic carbocycles. The molecule has 162 valence electrons. The zero-order valence-corrected chi connectivity index (χ0v) is 16.4. The van der Waals surface area contributed by atoms with Gasteiger partial charge in [-0.05, 0) is 49.1 Å². The average Bonchev–Trinajstić information content (AvgIpc) is 3.25. The highest BCUT2D eigenvalue weighted by atomic mass is 19.4.